The monoisotopic (exact) mass is 308 g/mol. The smallest absolute Gasteiger partial charge is 0.349 e. The van der Waals surface area contributed by atoms with Gasteiger partial charge in [0.25, 0.3) is 0 Å². The van der Waals surface area contributed by atoms with Crippen LogP contribution in [-0.2, 0) is 28.7 Å². The van der Waals surface area contributed by atoms with E-state index in [0.29, 0.717) is 0 Å². The minimum absolute atomic E-state index is 1.12. The average molecular weight is 308 g/mol. The summed E-state index contributed by atoms with van der Waals surface area (Å²) < 4.78 is 4.27. The predicted molar refractivity (Wildman–Crippen MR) is 59.2 cm³/mol. The van der Waals surface area contributed by atoms with Gasteiger partial charge >= 0.3 is 29.8 Å². The highest BCUT2D eigenvalue weighted by Gasteiger charge is 2.48. The van der Waals surface area contributed by atoms with E-state index in [0.717, 1.165) is 0 Å². The van der Waals surface area contributed by atoms with Crippen LogP contribution in [0.5, 0.6) is 0 Å². The second kappa shape index (κ2) is 7.19. The van der Waals surface area contributed by atoms with E-state index in [1.54, 1.807) is 0 Å². The van der Waals surface area contributed by atoms with Gasteiger partial charge in [-0.2, -0.15) is 0 Å². The number of esters is 1. The predicted octanol–water partition coefficient (Wildman–Crippen LogP) is -1.86. The quantitative estimate of drug-likeness (QED) is 0.299. The zero-order valence-electron chi connectivity index (χ0n) is 10.4. The Morgan fingerprint density at radius 2 is 1.29 bits per heavy atom. The van der Waals surface area contributed by atoms with Crippen LogP contribution in [0.15, 0.2) is 0 Å². The maximum Gasteiger partial charge on any atom is 0.349 e. The average Bonchev–Trinajstić information content (AvgIpc) is 2.25. The van der Waals surface area contributed by atoms with Gasteiger partial charge in [0.15, 0.2) is 6.10 Å². The summed E-state index contributed by atoms with van der Waals surface area (Å²) in [6.07, 6.45) is -6.13. The van der Waals surface area contributed by atoms with Crippen LogP contribution in [0.3, 0.4) is 0 Å². The number of carbonyl (C=O) groups excluding carboxylic acids is 1. The minimum atomic E-state index is -2.95. The summed E-state index contributed by atoms with van der Waals surface area (Å²) in [5, 5.41) is 43.7. The molecule has 0 aliphatic heterocycles. The Kier molecular flexibility index (Phi) is 6.27. The molecule has 0 spiro atoms. The van der Waals surface area contributed by atoms with Crippen molar-refractivity contribution in [2.75, 3.05) is 0 Å². The Bertz CT molecular complexity index is 450. The first kappa shape index (κ1) is 18.3. The van der Waals surface area contributed by atoms with Crippen molar-refractivity contribution in [3.8, 4) is 0 Å². The van der Waals surface area contributed by atoms with E-state index in [1.807, 2.05) is 0 Å². The minimum Gasteiger partial charge on any atom is -0.481 e. The number of aliphatic hydroxyl groups is 1. The highest BCUT2D eigenvalue weighted by Crippen LogP contribution is 2.23. The van der Waals surface area contributed by atoms with Gasteiger partial charge in [-0.05, 0) is 0 Å². The number of rotatable bonds is 9. The Morgan fingerprint density at radius 1 is 0.857 bits per heavy atom. The Labute approximate surface area is 116 Å². The van der Waals surface area contributed by atoms with Gasteiger partial charge in [-0.25, -0.2) is 9.59 Å². The molecule has 0 radical (unpaired) electrons. The number of hydrogen-bond acceptors (Lipinski definition) is 7. The molecule has 0 aromatic rings. The first-order valence-corrected chi connectivity index (χ1v) is 5.30. The summed E-state index contributed by atoms with van der Waals surface area (Å²) in [4.78, 5) is 54.0. The van der Waals surface area contributed by atoms with Gasteiger partial charge in [0, 0.05) is 0 Å². The summed E-state index contributed by atoms with van der Waals surface area (Å²) in [6, 6.07) is 0. The van der Waals surface area contributed by atoms with E-state index in [1.165, 1.54) is 0 Å². The lowest BCUT2D eigenvalue weighted by Gasteiger charge is -2.27. The van der Waals surface area contributed by atoms with E-state index >= 15 is 0 Å². The molecule has 0 aromatic heterocycles. The van der Waals surface area contributed by atoms with Gasteiger partial charge in [-0.3, -0.25) is 14.4 Å². The molecule has 118 valence electrons. The van der Waals surface area contributed by atoms with E-state index in [-0.39, 0.29) is 0 Å². The first-order chi connectivity index (χ1) is 9.50. The van der Waals surface area contributed by atoms with Gasteiger partial charge in [-0.1, -0.05) is 0 Å². The van der Waals surface area contributed by atoms with Crippen molar-refractivity contribution in [1.82, 2.24) is 0 Å². The van der Waals surface area contributed by atoms with Crippen LogP contribution in [0, 0.1) is 0 Å². The van der Waals surface area contributed by atoms with Crippen molar-refractivity contribution in [1.29, 1.82) is 0 Å². The molecule has 0 rings (SSSR count). The fourth-order valence-corrected chi connectivity index (χ4v) is 1.33. The van der Waals surface area contributed by atoms with Crippen LogP contribution in [0.1, 0.15) is 19.3 Å². The van der Waals surface area contributed by atoms with Crippen LogP contribution in [0.2, 0.25) is 0 Å². The topological polar surface area (TPSA) is 196 Å². The van der Waals surface area contributed by atoms with Gasteiger partial charge < -0.3 is 30.3 Å². The number of ether oxygens (including phenoxy) is 1. The third-order valence-corrected chi connectivity index (χ3v) is 2.20. The van der Waals surface area contributed by atoms with Crippen molar-refractivity contribution in [2.24, 2.45) is 0 Å². The van der Waals surface area contributed by atoms with Crippen molar-refractivity contribution in [2.45, 2.75) is 31.0 Å². The molecule has 0 amide bonds. The lowest BCUT2D eigenvalue weighted by atomic mass is 9.95. The molecule has 0 aromatic carbocycles. The lowest BCUT2D eigenvalue weighted by molar-refractivity contribution is -0.191. The molecule has 0 saturated carbocycles. The van der Waals surface area contributed by atoms with E-state index in [2.05, 4.69) is 4.74 Å². The van der Waals surface area contributed by atoms with Crippen molar-refractivity contribution < 1.29 is 54.2 Å². The Balaban J connectivity index is 5.33. The number of carbonyl (C=O) groups is 5. The van der Waals surface area contributed by atoms with Gasteiger partial charge in [0.1, 0.15) is 0 Å². The number of carboxylic acid groups (broad SMARTS) is 4. The molecule has 21 heavy (non-hydrogen) atoms. The zero-order chi connectivity index (χ0) is 16.8. The molecule has 0 saturated heterocycles. The summed E-state index contributed by atoms with van der Waals surface area (Å²) in [5.74, 6) is -8.93. The van der Waals surface area contributed by atoms with Crippen LogP contribution in [-0.4, -0.2) is 67.1 Å². The van der Waals surface area contributed by atoms with Crippen LogP contribution >= 0.6 is 0 Å². The van der Waals surface area contributed by atoms with Crippen molar-refractivity contribution >= 4 is 29.8 Å². The molecule has 0 aliphatic rings. The molecule has 0 aliphatic carbocycles. The Morgan fingerprint density at radius 3 is 1.57 bits per heavy atom. The number of aliphatic carboxylic acids is 4. The van der Waals surface area contributed by atoms with Crippen LogP contribution in [0.25, 0.3) is 0 Å². The summed E-state index contributed by atoms with van der Waals surface area (Å²) in [7, 11) is 0. The molecule has 1 atom stereocenters. The molecule has 0 unspecified atom stereocenters. The standard InChI is InChI=1S/C10H12O11/c11-4(1-5(12)13)8(18)21-10(9(19)20,2-6(14)15)3-7(16)17/h4,11H,1-3H2,(H,12,13)(H,14,15)(H,16,17)(H,19,20)/t4-/m0/s1. The normalized spacial score (nSPS) is 12.2. The van der Waals surface area contributed by atoms with E-state index in [4.69, 9.17) is 25.5 Å². The highest BCUT2D eigenvalue weighted by atomic mass is 16.6. The molecule has 11 nitrogen and oxygen atoms in total. The maximum atomic E-state index is 11.4. The molecule has 5 N–H and O–H groups in total. The maximum absolute atomic E-state index is 11.4. The second-order valence-electron chi connectivity index (χ2n) is 3.98. The molecule has 0 bridgehead atoms. The lowest BCUT2D eigenvalue weighted by Crippen LogP contribution is -2.48. The fraction of sp³-hybridized carbons (Fsp3) is 0.500. The van der Waals surface area contributed by atoms with Gasteiger partial charge in [0.05, 0.1) is 19.3 Å². The first-order valence-electron chi connectivity index (χ1n) is 5.30. The summed E-state index contributed by atoms with van der Waals surface area (Å²) in [5.41, 5.74) is -2.95. The fourth-order valence-electron chi connectivity index (χ4n) is 1.33. The molecule has 0 heterocycles. The largest absolute Gasteiger partial charge is 0.481 e. The SMILES string of the molecule is O=C(O)C[C@H](O)C(=O)OC(CC(=O)O)(CC(=O)O)C(=O)O. The number of carboxylic acids is 4. The highest BCUT2D eigenvalue weighted by molar-refractivity contribution is 5.91. The van der Waals surface area contributed by atoms with Gasteiger partial charge in [-0.15, -0.1) is 0 Å². The van der Waals surface area contributed by atoms with Crippen LogP contribution < -0.4 is 0 Å². The molecule has 0 fully saturated rings. The number of hydrogen-bond donors (Lipinski definition) is 5. The third-order valence-electron chi connectivity index (χ3n) is 2.20. The zero-order valence-corrected chi connectivity index (χ0v) is 10.4. The third kappa shape index (κ3) is 5.86. The summed E-state index contributed by atoms with van der Waals surface area (Å²) >= 11 is 0. The summed E-state index contributed by atoms with van der Waals surface area (Å²) in [6.45, 7) is 0. The van der Waals surface area contributed by atoms with Crippen molar-refractivity contribution in [3.05, 3.63) is 0 Å². The molecule has 11 heteroatoms. The molecular weight excluding hydrogens is 296 g/mol. The van der Waals surface area contributed by atoms with Crippen molar-refractivity contribution in [3.63, 3.8) is 0 Å². The number of aliphatic hydroxyl groups excluding tert-OH is 1. The second-order valence-corrected chi connectivity index (χ2v) is 3.98. The van der Waals surface area contributed by atoms with Gasteiger partial charge in [0.2, 0.25) is 5.60 Å². The van der Waals surface area contributed by atoms with E-state index < -0.39 is 60.8 Å². The van der Waals surface area contributed by atoms with Crippen LogP contribution in [0.4, 0.5) is 0 Å². The van der Waals surface area contributed by atoms with E-state index in [9.17, 15) is 24.0 Å². The Hall–Kier alpha value is -2.69. The molecular formula is C10H12O11.